The molecule has 2 aromatic rings. The Morgan fingerprint density at radius 1 is 0.962 bits per heavy atom. The molecule has 0 unspecified atom stereocenters. The van der Waals surface area contributed by atoms with E-state index < -0.39 is 0 Å². The van der Waals surface area contributed by atoms with Crippen molar-refractivity contribution in [2.45, 2.75) is 33.9 Å². The van der Waals surface area contributed by atoms with Gasteiger partial charge in [-0.1, -0.05) is 38.1 Å². The number of carbonyl (C=O) groups excluding carboxylic acids is 1. The van der Waals surface area contributed by atoms with Gasteiger partial charge >= 0.3 is 6.03 Å². The summed E-state index contributed by atoms with van der Waals surface area (Å²) in [6.07, 6.45) is 0. The molecule has 5 nitrogen and oxygen atoms in total. The van der Waals surface area contributed by atoms with Gasteiger partial charge < -0.3 is 15.4 Å². The van der Waals surface area contributed by atoms with Crippen molar-refractivity contribution in [3.8, 4) is 5.75 Å². The van der Waals surface area contributed by atoms with E-state index in [1.807, 2.05) is 43.3 Å². The number of nitrogens with zero attached hydrogens (tertiary/aromatic N) is 1. The lowest BCUT2D eigenvalue weighted by Gasteiger charge is -2.20. The Kier molecular flexibility index (Phi) is 7.96. The van der Waals surface area contributed by atoms with Crippen LogP contribution in [0.25, 0.3) is 0 Å². The molecule has 0 atom stereocenters. The van der Waals surface area contributed by atoms with Gasteiger partial charge in [0.2, 0.25) is 0 Å². The van der Waals surface area contributed by atoms with Crippen LogP contribution in [0.2, 0.25) is 0 Å². The third-order valence-corrected chi connectivity index (χ3v) is 4.27. The van der Waals surface area contributed by atoms with Gasteiger partial charge in [0, 0.05) is 18.8 Å². The van der Waals surface area contributed by atoms with E-state index >= 15 is 0 Å². The first kappa shape index (κ1) is 19.8. The summed E-state index contributed by atoms with van der Waals surface area (Å²) in [5.41, 5.74) is 3.13. The Balaban J connectivity index is 1.90. The Morgan fingerprint density at radius 3 is 2.23 bits per heavy atom. The van der Waals surface area contributed by atoms with E-state index in [0.717, 1.165) is 36.6 Å². The topological polar surface area (TPSA) is 53.6 Å². The molecule has 26 heavy (non-hydrogen) atoms. The molecule has 0 saturated carbocycles. The number of hydrogen-bond acceptors (Lipinski definition) is 3. The summed E-state index contributed by atoms with van der Waals surface area (Å²) in [5, 5.41) is 5.79. The molecule has 2 aromatic carbocycles. The molecule has 0 heterocycles. The van der Waals surface area contributed by atoms with Crippen LogP contribution in [0.15, 0.2) is 48.5 Å². The first-order valence-corrected chi connectivity index (χ1v) is 9.23. The number of ether oxygens (including phenoxy) is 1. The maximum absolute atomic E-state index is 12.2. The number of hydrogen-bond donors (Lipinski definition) is 2. The van der Waals surface area contributed by atoms with Gasteiger partial charge in [-0.2, -0.15) is 0 Å². The fourth-order valence-corrected chi connectivity index (χ4v) is 2.72. The van der Waals surface area contributed by atoms with Crippen molar-refractivity contribution in [3.05, 3.63) is 59.7 Å². The van der Waals surface area contributed by atoms with Gasteiger partial charge in [-0.15, -0.1) is 0 Å². The van der Waals surface area contributed by atoms with E-state index in [2.05, 4.69) is 41.5 Å². The second-order valence-corrected chi connectivity index (χ2v) is 6.00. The largest absolute Gasteiger partial charge is 0.494 e. The number of urea groups is 1. The van der Waals surface area contributed by atoms with Crippen LogP contribution in [0.4, 0.5) is 10.5 Å². The Morgan fingerprint density at radius 2 is 1.62 bits per heavy atom. The van der Waals surface area contributed by atoms with Gasteiger partial charge in [0.15, 0.2) is 0 Å². The highest BCUT2D eigenvalue weighted by Gasteiger charge is 2.08. The smallest absolute Gasteiger partial charge is 0.319 e. The Labute approximate surface area is 156 Å². The summed E-state index contributed by atoms with van der Waals surface area (Å²) in [5.74, 6) is 0.795. The first-order valence-electron chi connectivity index (χ1n) is 9.23. The molecule has 2 N–H and O–H groups in total. The molecule has 0 bridgehead atoms. The van der Waals surface area contributed by atoms with Crippen LogP contribution in [0.5, 0.6) is 5.75 Å². The summed E-state index contributed by atoms with van der Waals surface area (Å²) in [4.78, 5) is 14.5. The third kappa shape index (κ3) is 6.08. The zero-order chi connectivity index (χ0) is 18.8. The van der Waals surface area contributed by atoms with Gasteiger partial charge in [-0.3, -0.25) is 4.90 Å². The summed E-state index contributed by atoms with van der Waals surface area (Å²) < 4.78 is 5.40. The number of carbonyl (C=O) groups is 1. The molecular weight excluding hydrogens is 326 g/mol. The minimum atomic E-state index is -0.216. The lowest BCUT2D eigenvalue weighted by atomic mass is 10.1. The van der Waals surface area contributed by atoms with Crippen molar-refractivity contribution in [1.29, 1.82) is 0 Å². The minimum Gasteiger partial charge on any atom is -0.494 e. The van der Waals surface area contributed by atoms with E-state index in [0.29, 0.717) is 13.2 Å². The number of rotatable bonds is 9. The summed E-state index contributed by atoms with van der Waals surface area (Å²) >= 11 is 0. The summed E-state index contributed by atoms with van der Waals surface area (Å²) in [6.45, 7) is 10.3. The van der Waals surface area contributed by atoms with Crippen molar-refractivity contribution < 1.29 is 9.53 Å². The zero-order valence-corrected chi connectivity index (χ0v) is 15.9. The molecule has 140 valence electrons. The number of amides is 2. The number of benzene rings is 2. The Bertz CT molecular complexity index is 682. The van der Waals surface area contributed by atoms with Crippen molar-refractivity contribution in [3.63, 3.8) is 0 Å². The molecule has 2 rings (SSSR count). The fraction of sp³-hybridized carbons (Fsp3) is 0.381. The second kappa shape index (κ2) is 10.5. The average Bonchev–Trinajstić information content (AvgIpc) is 2.67. The number of nitrogens with one attached hydrogen (secondary N) is 2. The molecule has 0 aromatic heterocycles. The summed E-state index contributed by atoms with van der Waals surface area (Å²) in [6, 6.07) is 15.4. The molecule has 5 heteroatoms. The highest BCUT2D eigenvalue weighted by molar-refractivity contribution is 5.89. The fourth-order valence-electron chi connectivity index (χ4n) is 2.72. The van der Waals surface area contributed by atoms with Crippen LogP contribution in [-0.2, 0) is 13.1 Å². The molecule has 0 saturated heterocycles. The maximum Gasteiger partial charge on any atom is 0.319 e. The average molecular weight is 355 g/mol. The molecule has 0 aliphatic rings. The van der Waals surface area contributed by atoms with E-state index in [1.165, 1.54) is 5.56 Å². The Hall–Kier alpha value is -2.53. The molecule has 0 aliphatic carbocycles. The normalized spacial score (nSPS) is 10.6. The summed E-state index contributed by atoms with van der Waals surface area (Å²) in [7, 11) is 0. The molecule has 0 aliphatic heterocycles. The van der Waals surface area contributed by atoms with Gasteiger partial charge in [-0.25, -0.2) is 4.79 Å². The predicted octanol–water partition coefficient (Wildman–Crippen LogP) is 4.25. The molecular formula is C21H29N3O2. The SMILES string of the molecule is CCOc1ccc(NC(=O)NCc2ccccc2CN(CC)CC)cc1. The quantitative estimate of drug-likeness (QED) is 0.707. The minimum absolute atomic E-state index is 0.216. The lowest BCUT2D eigenvalue weighted by molar-refractivity contribution is 0.251. The van der Waals surface area contributed by atoms with E-state index in [9.17, 15) is 4.79 Å². The van der Waals surface area contributed by atoms with Crippen molar-refractivity contribution >= 4 is 11.7 Å². The van der Waals surface area contributed by atoms with Gasteiger partial charge in [0.05, 0.1) is 6.61 Å². The van der Waals surface area contributed by atoms with Crippen LogP contribution in [0.3, 0.4) is 0 Å². The van der Waals surface area contributed by atoms with E-state index in [1.54, 1.807) is 0 Å². The standard InChI is InChI=1S/C21H29N3O2/c1-4-24(5-2)16-18-10-8-7-9-17(18)15-22-21(25)23-19-11-13-20(14-12-19)26-6-3/h7-14H,4-6,15-16H2,1-3H3,(H2,22,23,25). The van der Waals surface area contributed by atoms with Crippen LogP contribution in [0, 0.1) is 0 Å². The van der Waals surface area contributed by atoms with E-state index in [4.69, 9.17) is 4.74 Å². The monoisotopic (exact) mass is 355 g/mol. The van der Waals surface area contributed by atoms with Crippen LogP contribution in [-0.4, -0.2) is 30.6 Å². The zero-order valence-electron chi connectivity index (χ0n) is 15.9. The van der Waals surface area contributed by atoms with Crippen molar-refractivity contribution in [2.75, 3.05) is 25.0 Å². The van der Waals surface area contributed by atoms with Crippen molar-refractivity contribution in [2.24, 2.45) is 0 Å². The molecule has 0 spiro atoms. The highest BCUT2D eigenvalue weighted by atomic mass is 16.5. The van der Waals surface area contributed by atoms with Gasteiger partial charge in [0.1, 0.15) is 5.75 Å². The van der Waals surface area contributed by atoms with Crippen LogP contribution < -0.4 is 15.4 Å². The molecule has 0 radical (unpaired) electrons. The first-order chi connectivity index (χ1) is 12.7. The van der Waals surface area contributed by atoms with Crippen LogP contribution >= 0.6 is 0 Å². The maximum atomic E-state index is 12.2. The molecule has 0 fully saturated rings. The second-order valence-electron chi connectivity index (χ2n) is 6.00. The molecule has 2 amide bonds. The number of anilines is 1. The van der Waals surface area contributed by atoms with Crippen LogP contribution in [0.1, 0.15) is 31.9 Å². The predicted molar refractivity (Wildman–Crippen MR) is 107 cm³/mol. The van der Waals surface area contributed by atoms with Gasteiger partial charge in [-0.05, 0) is 55.4 Å². The van der Waals surface area contributed by atoms with E-state index in [-0.39, 0.29) is 6.03 Å². The highest BCUT2D eigenvalue weighted by Crippen LogP contribution is 2.16. The third-order valence-electron chi connectivity index (χ3n) is 4.27. The van der Waals surface area contributed by atoms with Crippen molar-refractivity contribution in [1.82, 2.24) is 10.2 Å². The lowest BCUT2D eigenvalue weighted by Crippen LogP contribution is -2.29. The van der Waals surface area contributed by atoms with Gasteiger partial charge in [0.25, 0.3) is 0 Å².